The van der Waals surface area contributed by atoms with Gasteiger partial charge < -0.3 is 15.2 Å². The van der Waals surface area contributed by atoms with Gasteiger partial charge in [-0.2, -0.15) is 13.2 Å². The van der Waals surface area contributed by atoms with E-state index in [0.29, 0.717) is 10.9 Å². The molecule has 0 saturated heterocycles. The number of halogens is 3. The molecule has 0 aliphatic carbocycles. The summed E-state index contributed by atoms with van der Waals surface area (Å²) >= 11 is 0. The first-order valence-electron chi connectivity index (χ1n) is 8.22. The number of nitrogens with one attached hydrogen (secondary N) is 1. The van der Waals surface area contributed by atoms with Crippen molar-refractivity contribution in [2.75, 3.05) is 0 Å². The van der Waals surface area contributed by atoms with E-state index >= 15 is 0 Å². The van der Waals surface area contributed by atoms with E-state index in [9.17, 15) is 32.7 Å². The fourth-order valence-corrected chi connectivity index (χ4v) is 2.54. The Labute approximate surface area is 158 Å². The maximum Gasteiger partial charge on any atom is 0.471 e. The fourth-order valence-electron chi connectivity index (χ4n) is 2.54. The first kappa shape index (κ1) is 21.3. The van der Waals surface area contributed by atoms with Crippen molar-refractivity contribution in [3.8, 4) is 0 Å². The van der Waals surface area contributed by atoms with Gasteiger partial charge in [0.15, 0.2) is 0 Å². The monoisotopic (exact) mass is 400 g/mol. The Morgan fingerprint density at radius 3 is 2.32 bits per heavy atom. The minimum absolute atomic E-state index is 0.274. The number of hydrogen-bond acceptors (Lipinski definition) is 4. The lowest BCUT2D eigenvalue weighted by Crippen LogP contribution is -2.47. The predicted octanol–water partition coefficient (Wildman–Crippen LogP) is 3.10. The molecule has 2 aromatic rings. The van der Waals surface area contributed by atoms with Crippen LogP contribution in [0, 0.1) is 0 Å². The van der Waals surface area contributed by atoms with E-state index in [2.05, 4.69) is 0 Å². The Morgan fingerprint density at radius 2 is 1.79 bits per heavy atom. The molecule has 2 N–H and O–H groups in total. The first-order valence-corrected chi connectivity index (χ1v) is 8.22. The van der Waals surface area contributed by atoms with Crippen LogP contribution in [0.25, 0.3) is 10.9 Å². The Kier molecular flexibility index (Phi) is 5.72. The van der Waals surface area contributed by atoms with Crippen LogP contribution in [0.15, 0.2) is 30.5 Å². The van der Waals surface area contributed by atoms with E-state index in [4.69, 9.17) is 4.74 Å². The van der Waals surface area contributed by atoms with E-state index in [1.807, 2.05) is 0 Å². The standard InChI is InChI=1S/C18H19F3N2O5/c1-17(2,3)28-16(27)23-9-10(11-6-4-5-7-13(11)23)8-12(14(24)25)22-15(26)18(19,20)21/h4-7,9,12H,8H2,1-3H3,(H,22,26)(H,24,25)/t12-/m1/s1. The van der Waals surface area contributed by atoms with Gasteiger partial charge in [0.25, 0.3) is 0 Å². The number of hydrogen-bond donors (Lipinski definition) is 2. The van der Waals surface area contributed by atoms with Crippen molar-refractivity contribution >= 4 is 28.9 Å². The number of carboxylic acids is 1. The summed E-state index contributed by atoms with van der Waals surface area (Å²) in [5.74, 6) is -3.98. The zero-order chi connectivity index (χ0) is 21.3. The third kappa shape index (κ3) is 5.02. The van der Waals surface area contributed by atoms with Crippen molar-refractivity contribution in [3.05, 3.63) is 36.0 Å². The van der Waals surface area contributed by atoms with Crippen molar-refractivity contribution < 1.29 is 37.4 Å². The van der Waals surface area contributed by atoms with Crippen molar-refractivity contribution in [1.82, 2.24) is 9.88 Å². The number of amides is 1. The highest BCUT2D eigenvalue weighted by Crippen LogP contribution is 2.24. The highest BCUT2D eigenvalue weighted by molar-refractivity contribution is 5.93. The number of benzene rings is 1. The Bertz CT molecular complexity index is 912. The molecule has 1 amide bonds. The van der Waals surface area contributed by atoms with E-state index in [1.165, 1.54) is 11.5 Å². The molecular formula is C18H19F3N2O5. The predicted molar refractivity (Wildman–Crippen MR) is 92.9 cm³/mol. The van der Waals surface area contributed by atoms with Gasteiger partial charge in [-0.1, -0.05) is 18.2 Å². The molecule has 0 aliphatic heterocycles. The Hall–Kier alpha value is -3.04. The average Bonchev–Trinajstić information content (AvgIpc) is 2.90. The maximum atomic E-state index is 12.5. The lowest BCUT2D eigenvalue weighted by Gasteiger charge is -2.19. The van der Waals surface area contributed by atoms with Gasteiger partial charge >= 0.3 is 24.1 Å². The van der Waals surface area contributed by atoms with Crippen molar-refractivity contribution in [2.24, 2.45) is 0 Å². The summed E-state index contributed by atoms with van der Waals surface area (Å²) in [6, 6.07) is 4.64. The normalized spacial score (nSPS) is 13.2. The summed E-state index contributed by atoms with van der Waals surface area (Å²) in [4.78, 5) is 34.9. The first-order chi connectivity index (χ1) is 12.8. The number of para-hydroxylation sites is 1. The van der Waals surface area contributed by atoms with Crippen LogP contribution in [0.2, 0.25) is 0 Å². The zero-order valence-corrected chi connectivity index (χ0v) is 15.3. The third-order valence-corrected chi connectivity index (χ3v) is 3.67. The minimum atomic E-state index is -5.21. The highest BCUT2D eigenvalue weighted by atomic mass is 19.4. The number of carboxylic acid groups (broad SMARTS) is 1. The lowest BCUT2D eigenvalue weighted by molar-refractivity contribution is -0.175. The molecule has 1 heterocycles. The second-order valence-electron chi connectivity index (χ2n) is 7.09. The van der Waals surface area contributed by atoms with Gasteiger partial charge in [-0.05, 0) is 32.4 Å². The molecule has 1 atom stereocenters. The summed E-state index contributed by atoms with van der Waals surface area (Å²) in [6.45, 7) is 5.01. The van der Waals surface area contributed by atoms with Crippen LogP contribution in [-0.2, 0) is 20.7 Å². The number of alkyl halides is 3. The number of carbonyl (C=O) groups excluding carboxylic acids is 2. The van der Waals surface area contributed by atoms with Gasteiger partial charge in [-0.25, -0.2) is 9.59 Å². The number of rotatable bonds is 4. The van der Waals surface area contributed by atoms with Gasteiger partial charge in [-0.15, -0.1) is 0 Å². The van der Waals surface area contributed by atoms with Gasteiger partial charge in [0, 0.05) is 18.0 Å². The summed E-state index contributed by atoms with van der Waals surface area (Å²) in [5.41, 5.74) is -0.109. The fraction of sp³-hybridized carbons (Fsp3) is 0.389. The zero-order valence-electron chi connectivity index (χ0n) is 15.3. The summed E-state index contributed by atoms with van der Waals surface area (Å²) in [6.07, 6.45) is -5.08. The van der Waals surface area contributed by atoms with Crippen LogP contribution in [0.4, 0.5) is 18.0 Å². The maximum absolute atomic E-state index is 12.5. The Balaban J connectivity index is 2.39. The van der Waals surface area contributed by atoms with Crippen LogP contribution >= 0.6 is 0 Å². The van der Waals surface area contributed by atoms with Crippen LogP contribution in [0.1, 0.15) is 26.3 Å². The van der Waals surface area contributed by atoms with Gasteiger partial charge in [0.1, 0.15) is 11.6 Å². The van der Waals surface area contributed by atoms with E-state index < -0.39 is 42.2 Å². The van der Waals surface area contributed by atoms with Crippen LogP contribution in [-0.4, -0.2) is 45.5 Å². The topological polar surface area (TPSA) is 97.6 Å². The number of carbonyl (C=O) groups is 3. The van der Waals surface area contributed by atoms with Gasteiger partial charge in [0.2, 0.25) is 0 Å². The molecule has 152 valence electrons. The highest BCUT2D eigenvalue weighted by Gasteiger charge is 2.41. The molecule has 0 saturated carbocycles. The quantitative estimate of drug-likeness (QED) is 0.822. The molecule has 0 unspecified atom stereocenters. The van der Waals surface area contributed by atoms with Crippen molar-refractivity contribution in [2.45, 2.75) is 45.0 Å². The molecule has 1 aromatic carbocycles. The largest absolute Gasteiger partial charge is 0.480 e. The molecular weight excluding hydrogens is 381 g/mol. The van der Waals surface area contributed by atoms with E-state index in [1.54, 1.807) is 45.0 Å². The van der Waals surface area contributed by atoms with Gasteiger partial charge in [0.05, 0.1) is 5.52 Å². The summed E-state index contributed by atoms with van der Waals surface area (Å²) in [7, 11) is 0. The number of aromatic nitrogens is 1. The molecule has 2 rings (SSSR count). The van der Waals surface area contributed by atoms with E-state index in [0.717, 1.165) is 4.57 Å². The molecule has 10 heteroatoms. The number of fused-ring (bicyclic) bond motifs is 1. The number of nitrogens with zero attached hydrogens (tertiary/aromatic N) is 1. The molecule has 7 nitrogen and oxygen atoms in total. The van der Waals surface area contributed by atoms with Crippen LogP contribution in [0.3, 0.4) is 0 Å². The SMILES string of the molecule is CC(C)(C)OC(=O)n1cc(C[C@@H](NC(=O)C(F)(F)F)C(=O)O)c2ccccc21. The number of aliphatic carboxylic acids is 1. The second kappa shape index (κ2) is 7.53. The van der Waals surface area contributed by atoms with Crippen LogP contribution in [0.5, 0.6) is 0 Å². The molecule has 0 aliphatic rings. The van der Waals surface area contributed by atoms with E-state index in [-0.39, 0.29) is 5.56 Å². The number of ether oxygens (including phenoxy) is 1. The molecule has 1 aromatic heterocycles. The van der Waals surface area contributed by atoms with Crippen LogP contribution < -0.4 is 5.32 Å². The molecule has 0 fully saturated rings. The minimum Gasteiger partial charge on any atom is -0.480 e. The summed E-state index contributed by atoms with van der Waals surface area (Å²) in [5, 5.41) is 11.1. The molecule has 0 radical (unpaired) electrons. The Morgan fingerprint density at radius 1 is 1.18 bits per heavy atom. The second-order valence-corrected chi connectivity index (χ2v) is 7.09. The van der Waals surface area contributed by atoms with Crippen molar-refractivity contribution in [1.29, 1.82) is 0 Å². The third-order valence-electron chi connectivity index (χ3n) is 3.67. The molecule has 0 bridgehead atoms. The summed E-state index contributed by atoms with van der Waals surface area (Å²) < 4.78 is 43.8. The average molecular weight is 400 g/mol. The van der Waals surface area contributed by atoms with Crippen molar-refractivity contribution in [3.63, 3.8) is 0 Å². The van der Waals surface area contributed by atoms with Gasteiger partial charge in [-0.3, -0.25) is 9.36 Å². The molecule has 0 spiro atoms. The smallest absolute Gasteiger partial charge is 0.471 e. The lowest BCUT2D eigenvalue weighted by atomic mass is 10.0. The molecule has 28 heavy (non-hydrogen) atoms.